The molecule has 2 N–H and O–H groups in total. The quantitative estimate of drug-likeness (QED) is 0.639. The normalized spacial score (nSPS) is 19.5. The van der Waals surface area contributed by atoms with Crippen molar-refractivity contribution in [1.82, 2.24) is 24.7 Å². The molecule has 1 aliphatic heterocycles. The highest BCUT2D eigenvalue weighted by molar-refractivity contribution is 6.30. The number of alkyl carbamates (subject to hydrolysis) is 1. The van der Waals surface area contributed by atoms with Crippen molar-refractivity contribution in [3.05, 3.63) is 41.8 Å². The van der Waals surface area contributed by atoms with Crippen LogP contribution in [0, 0.1) is 0 Å². The molecule has 4 heterocycles. The van der Waals surface area contributed by atoms with E-state index in [1.807, 2.05) is 21.4 Å². The fourth-order valence-electron chi connectivity index (χ4n) is 3.52. The number of carbonyl (C=O) groups is 1. The molecule has 31 heavy (non-hydrogen) atoms. The van der Waals surface area contributed by atoms with E-state index in [-0.39, 0.29) is 0 Å². The second-order valence-electron chi connectivity index (χ2n) is 8.51. The van der Waals surface area contributed by atoms with Gasteiger partial charge in [-0.1, -0.05) is 11.6 Å². The molecule has 0 unspecified atom stereocenters. The summed E-state index contributed by atoms with van der Waals surface area (Å²) in [7, 11) is 0. The van der Waals surface area contributed by atoms with Crippen LogP contribution in [0.3, 0.4) is 0 Å². The van der Waals surface area contributed by atoms with Gasteiger partial charge in [0, 0.05) is 25.5 Å². The largest absolute Gasteiger partial charge is 0.444 e. The zero-order valence-corrected chi connectivity index (χ0v) is 18.4. The number of nitrogens with zero attached hydrogens (tertiary/aromatic N) is 5. The lowest BCUT2D eigenvalue weighted by atomic mass is 10.0. The van der Waals surface area contributed by atoms with E-state index >= 15 is 0 Å². The predicted octanol–water partition coefficient (Wildman–Crippen LogP) is 2.91. The third-order valence-corrected chi connectivity index (χ3v) is 5.17. The molecule has 3 aromatic rings. The Hall–Kier alpha value is -2.91. The highest BCUT2D eigenvalue weighted by Gasteiger charge is 2.31. The molecule has 0 saturated carbocycles. The number of ether oxygens (including phenoxy) is 1. The maximum atomic E-state index is 12.2. The fourth-order valence-corrected chi connectivity index (χ4v) is 3.68. The summed E-state index contributed by atoms with van der Waals surface area (Å²) in [6.07, 6.45) is 4.44. The second kappa shape index (κ2) is 8.32. The summed E-state index contributed by atoms with van der Waals surface area (Å²) in [6, 6.07) is 4.94. The van der Waals surface area contributed by atoms with Crippen molar-refractivity contribution in [2.75, 3.05) is 18.0 Å². The monoisotopic (exact) mass is 444 g/mol. The molecule has 10 heteroatoms. The van der Waals surface area contributed by atoms with Gasteiger partial charge in [-0.05, 0) is 45.4 Å². The van der Waals surface area contributed by atoms with Crippen LogP contribution in [0.15, 0.2) is 36.8 Å². The summed E-state index contributed by atoms with van der Waals surface area (Å²) < 4.78 is 7.16. The Morgan fingerprint density at radius 1 is 1.29 bits per heavy atom. The Balaban J connectivity index is 1.54. The minimum absolute atomic E-state index is 0.399. The van der Waals surface area contributed by atoms with Gasteiger partial charge < -0.3 is 20.1 Å². The first-order chi connectivity index (χ1) is 14.7. The van der Waals surface area contributed by atoms with Crippen molar-refractivity contribution >= 4 is 29.2 Å². The van der Waals surface area contributed by atoms with Crippen LogP contribution in [0.2, 0.25) is 5.02 Å². The van der Waals surface area contributed by atoms with Gasteiger partial charge in [-0.25, -0.2) is 19.7 Å². The SMILES string of the molecule is CC(C)(C)OC(=O)N[C@@H]1CN(c2ccnc(-c3cnc4ccc(Cl)cn34)n2)CC[C@H]1O. The summed E-state index contributed by atoms with van der Waals surface area (Å²) >= 11 is 6.13. The molecule has 0 aliphatic carbocycles. The average molecular weight is 445 g/mol. The number of anilines is 1. The van der Waals surface area contributed by atoms with Crippen LogP contribution in [0.1, 0.15) is 27.2 Å². The van der Waals surface area contributed by atoms with E-state index in [4.69, 9.17) is 21.3 Å². The van der Waals surface area contributed by atoms with Crippen molar-refractivity contribution in [2.24, 2.45) is 0 Å². The van der Waals surface area contributed by atoms with Crippen molar-refractivity contribution in [3.8, 4) is 11.5 Å². The Morgan fingerprint density at radius 2 is 2.10 bits per heavy atom. The van der Waals surface area contributed by atoms with E-state index in [1.54, 1.807) is 45.4 Å². The first kappa shape index (κ1) is 21.3. The van der Waals surface area contributed by atoms with Gasteiger partial charge >= 0.3 is 6.09 Å². The number of pyridine rings is 1. The van der Waals surface area contributed by atoms with E-state index in [0.29, 0.717) is 36.2 Å². The number of piperidine rings is 1. The molecule has 2 atom stereocenters. The Morgan fingerprint density at radius 3 is 2.87 bits per heavy atom. The zero-order valence-electron chi connectivity index (χ0n) is 17.6. The Labute approximate surface area is 185 Å². The number of hydrogen-bond acceptors (Lipinski definition) is 7. The summed E-state index contributed by atoms with van der Waals surface area (Å²) in [5.74, 6) is 1.21. The van der Waals surface area contributed by atoms with Crippen molar-refractivity contribution in [3.63, 3.8) is 0 Å². The number of carbonyl (C=O) groups excluding carboxylic acids is 1. The van der Waals surface area contributed by atoms with Crippen molar-refractivity contribution in [2.45, 2.75) is 44.9 Å². The maximum Gasteiger partial charge on any atom is 0.408 e. The van der Waals surface area contributed by atoms with Gasteiger partial charge in [-0.3, -0.25) is 4.40 Å². The molecule has 0 radical (unpaired) electrons. The first-order valence-electron chi connectivity index (χ1n) is 10.1. The smallest absolute Gasteiger partial charge is 0.408 e. The molecule has 1 saturated heterocycles. The third-order valence-electron chi connectivity index (χ3n) is 4.94. The summed E-state index contributed by atoms with van der Waals surface area (Å²) in [5, 5.41) is 13.7. The van der Waals surface area contributed by atoms with Gasteiger partial charge in [0.05, 0.1) is 23.4 Å². The minimum Gasteiger partial charge on any atom is -0.444 e. The van der Waals surface area contributed by atoms with Crippen molar-refractivity contribution in [1.29, 1.82) is 0 Å². The van der Waals surface area contributed by atoms with Gasteiger partial charge in [0.2, 0.25) is 0 Å². The van der Waals surface area contributed by atoms with Crippen LogP contribution in [-0.4, -0.2) is 61.4 Å². The molecule has 0 aromatic carbocycles. The summed E-state index contributed by atoms with van der Waals surface area (Å²) in [5.41, 5.74) is 0.859. The fraction of sp³-hybridized carbons (Fsp3) is 0.429. The van der Waals surface area contributed by atoms with Gasteiger partial charge in [0.15, 0.2) is 5.82 Å². The number of imidazole rings is 1. The lowest BCUT2D eigenvalue weighted by Gasteiger charge is -2.37. The number of hydrogen-bond donors (Lipinski definition) is 2. The molecule has 164 valence electrons. The second-order valence-corrected chi connectivity index (χ2v) is 8.95. The number of aliphatic hydroxyl groups is 1. The average Bonchev–Trinajstić information content (AvgIpc) is 3.11. The molecule has 9 nitrogen and oxygen atoms in total. The highest BCUT2D eigenvalue weighted by Crippen LogP contribution is 2.24. The van der Waals surface area contributed by atoms with Crippen LogP contribution in [-0.2, 0) is 4.74 Å². The van der Waals surface area contributed by atoms with E-state index in [2.05, 4.69) is 15.3 Å². The van der Waals surface area contributed by atoms with Crippen LogP contribution < -0.4 is 10.2 Å². The molecule has 0 spiro atoms. The molecule has 1 amide bonds. The predicted molar refractivity (Wildman–Crippen MR) is 117 cm³/mol. The number of rotatable bonds is 3. The minimum atomic E-state index is -0.661. The number of fused-ring (bicyclic) bond motifs is 1. The molecule has 3 aromatic heterocycles. The number of halogens is 1. The van der Waals surface area contributed by atoms with Crippen LogP contribution >= 0.6 is 11.6 Å². The number of nitrogens with one attached hydrogen (secondary N) is 1. The van der Waals surface area contributed by atoms with E-state index in [1.165, 1.54) is 0 Å². The zero-order chi connectivity index (χ0) is 22.2. The van der Waals surface area contributed by atoms with Gasteiger partial charge in [-0.15, -0.1) is 0 Å². The summed E-state index contributed by atoms with van der Waals surface area (Å²) in [6.45, 7) is 6.39. The lowest BCUT2D eigenvalue weighted by Crippen LogP contribution is -2.56. The van der Waals surface area contributed by atoms with Crippen molar-refractivity contribution < 1.29 is 14.6 Å². The highest BCUT2D eigenvalue weighted by atomic mass is 35.5. The van der Waals surface area contributed by atoms with Crippen LogP contribution in [0.4, 0.5) is 10.6 Å². The van der Waals surface area contributed by atoms with Crippen LogP contribution in [0.5, 0.6) is 0 Å². The molecule has 1 fully saturated rings. The maximum absolute atomic E-state index is 12.2. The molecule has 0 bridgehead atoms. The van der Waals surface area contributed by atoms with Gasteiger partial charge in [0.25, 0.3) is 0 Å². The lowest BCUT2D eigenvalue weighted by molar-refractivity contribution is 0.0399. The van der Waals surface area contributed by atoms with E-state index in [0.717, 1.165) is 11.3 Å². The standard InChI is InChI=1S/C21H25ClN6O3/c1-21(2,3)31-20(30)25-14-12-27(9-7-16(14)29)18-6-8-23-19(26-18)15-10-24-17-5-4-13(22)11-28(15)17/h4-6,8,10-11,14,16,29H,7,9,12H2,1-3H3,(H,25,30)/t14-,16-/m1/s1. The van der Waals surface area contributed by atoms with E-state index < -0.39 is 23.8 Å². The van der Waals surface area contributed by atoms with Gasteiger partial charge in [0.1, 0.15) is 22.8 Å². The topological polar surface area (TPSA) is 105 Å². The Kier molecular flexibility index (Phi) is 5.72. The number of amides is 1. The molecule has 4 rings (SSSR count). The summed E-state index contributed by atoms with van der Waals surface area (Å²) in [4.78, 5) is 27.7. The third kappa shape index (κ3) is 4.88. The van der Waals surface area contributed by atoms with Gasteiger partial charge in [-0.2, -0.15) is 0 Å². The first-order valence-corrected chi connectivity index (χ1v) is 10.5. The molecular weight excluding hydrogens is 420 g/mol. The molecular formula is C21H25ClN6O3. The van der Waals surface area contributed by atoms with E-state index in [9.17, 15) is 9.90 Å². The van der Waals surface area contributed by atoms with Crippen LogP contribution in [0.25, 0.3) is 17.2 Å². The number of aromatic nitrogens is 4. The number of aliphatic hydroxyl groups excluding tert-OH is 1. The Bertz CT molecular complexity index is 1100. The molecule has 1 aliphatic rings.